The summed E-state index contributed by atoms with van der Waals surface area (Å²) in [5.74, 6) is 1.09. The minimum Gasteiger partial charge on any atom is -0.497 e. The molecule has 1 saturated heterocycles. The van der Waals surface area contributed by atoms with Gasteiger partial charge in [-0.05, 0) is 44.0 Å². The number of carbonyl (C=O) groups is 2. The van der Waals surface area contributed by atoms with Crippen LogP contribution in [-0.2, 0) is 0 Å². The quantitative estimate of drug-likeness (QED) is 0.918. The van der Waals surface area contributed by atoms with E-state index in [1.807, 2.05) is 0 Å². The molecule has 2 aromatic rings. The minimum atomic E-state index is -0.128. The van der Waals surface area contributed by atoms with Gasteiger partial charge in [-0.2, -0.15) is 0 Å². The fourth-order valence-electron chi connectivity index (χ4n) is 2.87. The molecule has 1 fully saturated rings. The van der Waals surface area contributed by atoms with E-state index in [9.17, 15) is 9.59 Å². The molecule has 7 heteroatoms. The van der Waals surface area contributed by atoms with Gasteiger partial charge in [0.05, 0.1) is 7.11 Å². The zero-order chi connectivity index (χ0) is 17.8. The molecule has 0 bridgehead atoms. The van der Waals surface area contributed by atoms with Gasteiger partial charge >= 0.3 is 0 Å². The second-order valence-corrected chi connectivity index (χ2v) is 6.09. The van der Waals surface area contributed by atoms with Gasteiger partial charge in [-0.15, -0.1) is 0 Å². The van der Waals surface area contributed by atoms with E-state index in [0.717, 1.165) is 0 Å². The lowest BCUT2D eigenvalue weighted by Crippen LogP contribution is -2.46. The van der Waals surface area contributed by atoms with Crippen LogP contribution >= 0.6 is 0 Å². The number of ether oxygens (including phenoxy) is 1. The van der Waals surface area contributed by atoms with Gasteiger partial charge in [0.2, 0.25) is 0 Å². The average Bonchev–Trinajstić information content (AvgIpc) is 3.08. The number of aromatic nitrogens is 1. The summed E-state index contributed by atoms with van der Waals surface area (Å²) in [7, 11) is 1.59. The predicted molar refractivity (Wildman–Crippen MR) is 90.6 cm³/mol. The fourth-order valence-corrected chi connectivity index (χ4v) is 2.87. The van der Waals surface area contributed by atoms with Gasteiger partial charge in [0.15, 0.2) is 5.69 Å². The van der Waals surface area contributed by atoms with Crippen LogP contribution in [0.3, 0.4) is 0 Å². The number of hydrogen-bond donors (Lipinski definition) is 1. The molecule has 0 unspecified atom stereocenters. The lowest BCUT2D eigenvalue weighted by atomic mass is 10.0. The number of piperidine rings is 1. The summed E-state index contributed by atoms with van der Waals surface area (Å²) in [6.07, 6.45) is 1.43. The van der Waals surface area contributed by atoms with E-state index in [0.29, 0.717) is 48.7 Å². The predicted octanol–water partition coefficient (Wildman–Crippen LogP) is 2.03. The normalized spacial score (nSPS) is 15.0. The number of nitrogens with zero attached hydrogens (tertiary/aromatic N) is 2. The molecule has 0 aliphatic carbocycles. The van der Waals surface area contributed by atoms with E-state index in [4.69, 9.17) is 9.26 Å². The maximum absolute atomic E-state index is 12.3. The van der Waals surface area contributed by atoms with Crippen molar-refractivity contribution in [2.24, 2.45) is 0 Å². The zero-order valence-corrected chi connectivity index (χ0v) is 14.3. The van der Waals surface area contributed by atoms with Crippen LogP contribution in [-0.4, -0.2) is 48.1 Å². The van der Waals surface area contributed by atoms with Crippen molar-refractivity contribution in [1.29, 1.82) is 0 Å². The van der Waals surface area contributed by atoms with Crippen LogP contribution in [0.15, 0.2) is 34.9 Å². The molecule has 1 aromatic carbocycles. The number of methoxy groups -OCH3 is 1. The van der Waals surface area contributed by atoms with Crippen LogP contribution in [0.4, 0.5) is 0 Å². The van der Waals surface area contributed by atoms with E-state index in [-0.39, 0.29) is 17.9 Å². The first-order valence-corrected chi connectivity index (χ1v) is 8.24. The molecular formula is C18H21N3O4. The molecule has 0 atom stereocenters. The summed E-state index contributed by atoms with van der Waals surface area (Å²) in [6, 6.07) is 8.68. The Balaban J connectivity index is 1.51. The molecule has 2 heterocycles. The van der Waals surface area contributed by atoms with Crippen molar-refractivity contribution < 1.29 is 18.8 Å². The summed E-state index contributed by atoms with van der Waals surface area (Å²) in [6.45, 7) is 2.92. The van der Waals surface area contributed by atoms with Crippen LogP contribution in [0.25, 0.3) is 0 Å². The molecule has 1 aromatic heterocycles. The summed E-state index contributed by atoms with van der Waals surface area (Å²) in [5, 5.41) is 6.79. The van der Waals surface area contributed by atoms with Gasteiger partial charge in [0, 0.05) is 30.8 Å². The summed E-state index contributed by atoms with van der Waals surface area (Å²) in [4.78, 5) is 26.4. The Morgan fingerprint density at radius 2 is 1.92 bits per heavy atom. The molecule has 132 valence electrons. The zero-order valence-electron chi connectivity index (χ0n) is 14.3. The number of nitrogens with one attached hydrogen (secondary N) is 1. The number of amides is 2. The maximum atomic E-state index is 12.3. The summed E-state index contributed by atoms with van der Waals surface area (Å²) >= 11 is 0. The Kier molecular flexibility index (Phi) is 5.02. The number of aryl methyl sites for hydroxylation is 1. The molecule has 3 rings (SSSR count). The summed E-state index contributed by atoms with van der Waals surface area (Å²) < 4.78 is 10.0. The molecule has 1 aliphatic rings. The SMILES string of the molecule is COc1ccc(C(=O)NC2CCN(C(=O)c3cc(C)on3)CC2)cc1. The van der Waals surface area contributed by atoms with Crippen LogP contribution in [0.2, 0.25) is 0 Å². The van der Waals surface area contributed by atoms with Gasteiger partial charge < -0.3 is 19.5 Å². The van der Waals surface area contributed by atoms with E-state index >= 15 is 0 Å². The van der Waals surface area contributed by atoms with Crippen molar-refractivity contribution in [2.75, 3.05) is 20.2 Å². The first kappa shape index (κ1) is 17.0. The first-order valence-electron chi connectivity index (χ1n) is 8.24. The molecule has 7 nitrogen and oxygen atoms in total. The fraction of sp³-hybridized carbons (Fsp3) is 0.389. The van der Waals surface area contributed by atoms with E-state index in [1.165, 1.54) is 0 Å². The van der Waals surface area contributed by atoms with Crippen LogP contribution in [0.1, 0.15) is 39.4 Å². The molecule has 0 spiro atoms. The van der Waals surface area contributed by atoms with Crippen molar-refractivity contribution in [3.05, 3.63) is 47.3 Å². The molecule has 1 N–H and O–H groups in total. The number of benzene rings is 1. The molecule has 25 heavy (non-hydrogen) atoms. The third kappa shape index (κ3) is 3.99. The lowest BCUT2D eigenvalue weighted by Gasteiger charge is -2.31. The molecular weight excluding hydrogens is 322 g/mol. The Morgan fingerprint density at radius 1 is 1.24 bits per heavy atom. The maximum Gasteiger partial charge on any atom is 0.276 e. The van der Waals surface area contributed by atoms with Crippen molar-refractivity contribution in [3.8, 4) is 5.75 Å². The lowest BCUT2D eigenvalue weighted by molar-refractivity contribution is 0.0688. The number of rotatable bonds is 4. The highest BCUT2D eigenvalue weighted by Crippen LogP contribution is 2.16. The largest absolute Gasteiger partial charge is 0.497 e. The van der Waals surface area contributed by atoms with Crippen LogP contribution in [0, 0.1) is 6.92 Å². The third-order valence-electron chi connectivity index (χ3n) is 4.32. The van der Waals surface area contributed by atoms with Gasteiger partial charge in [-0.3, -0.25) is 9.59 Å². The van der Waals surface area contributed by atoms with E-state index < -0.39 is 0 Å². The van der Waals surface area contributed by atoms with Crippen LogP contribution in [0.5, 0.6) is 5.75 Å². The molecule has 1 aliphatic heterocycles. The summed E-state index contributed by atoms with van der Waals surface area (Å²) in [5.41, 5.74) is 0.926. The highest BCUT2D eigenvalue weighted by molar-refractivity contribution is 5.94. The minimum absolute atomic E-state index is 0.0534. The number of carbonyl (C=O) groups excluding carboxylic acids is 2. The second kappa shape index (κ2) is 7.38. The van der Waals surface area contributed by atoms with E-state index in [1.54, 1.807) is 49.3 Å². The highest BCUT2D eigenvalue weighted by Gasteiger charge is 2.26. The van der Waals surface area contributed by atoms with Crippen molar-refractivity contribution in [2.45, 2.75) is 25.8 Å². The van der Waals surface area contributed by atoms with Gasteiger partial charge in [-0.1, -0.05) is 5.16 Å². The van der Waals surface area contributed by atoms with Crippen LogP contribution < -0.4 is 10.1 Å². The average molecular weight is 343 g/mol. The van der Waals surface area contributed by atoms with Gasteiger partial charge in [0.1, 0.15) is 11.5 Å². The van der Waals surface area contributed by atoms with Gasteiger partial charge in [-0.25, -0.2) is 0 Å². The molecule has 0 radical (unpaired) electrons. The van der Waals surface area contributed by atoms with Crippen molar-refractivity contribution in [1.82, 2.24) is 15.4 Å². The van der Waals surface area contributed by atoms with E-state index in [2.05, 4.69) is 10.5 Å². The number of hydrogen-bond acceptors (Lipinski definition) is 5. The standard InChI is InChI=1S/C18H21N3O4/c1-12-11-16(20-25-12)18(23)21-9-7-14(8-10-21)19-17(22)13-3-5-15(24-2)6-4-13/h3-6,11,14H,7-10H2,1-2H3,(H,19,22). The highest BCUT2D eigenvalue weighted by atomic mass is 16.5. The topological polar surface area (TPSA) is 84.7 Å². The first-order chi connectivity index (χ1) is 12.1. The van der Waals surface area contributed by atoms with Gasteiger partial charge in [0.25, 0.3) is 11.8 Å². The monoisotopic (exact) mass is 343 g/mol. The van der Waals surface area contributed by atoms with Crippen molar-refractivity contribution >= 4 is 11.8 Å². The van der Waals surface area contributed by atoms with Crippen molar-refractivity contribution in [3.63, 3.8) is 0 Å². The second-order valence-electron chi connectivity index (χ2n) is 6.09. The Morgan fingerprint density at radius 3 is 2.48 bits per heavy atom. The third-order valence-corrected chi connectivity index (χ3v) is 4.32. The number of likely N-dealkylation sites (tertiary alicyclic amines) is 1. The molecule has 2 amide bonds. The Bertz CT molecular complexity index is 746. The Hall–Kier alpha value is -2.83. The Labute approximate surface area is 145 Å². The smallest absolute Gasteiger partial charge is 0.276 e. The molecule has 0 saturated carbocycles.